The molecule has 26 heavy (non-hydrogen) atoms. The first kappa shape index (κ1) is 17.9. The molecular weight excluding hydrogens is 334 g/mol. The lowest BCUT2D eigenvalue weighted by atomic mass is 10.1. The van der Waals surface area contributed by atoms with Crippen molar-refractivity contribution in [3.8, 4) is 0 Å². The summed E-state index contributed by atoms with van der Waals surface area (Å²) in [5.74, 6) is 0.190. The Morgan fingerprint density at radius 2 is 2.00 bits per heavy atom. The van der Waals surface area contributed by atoms with Gasteiger partial charge in [0.25, 0.3) is 5.91 Å². The first-order valence-electron chi connectivity index (χ1n) is 8.55. The molecule has 2 N–H and O–H groups in total. The minimum absolute atomic E-state index is 0.0379. The number of carbonyl (C=O) groups excluding carboxylic acids is 3. The number of nitrogens with one attached hydrogen (secondary N) is 2. The number of aromatic nitrogens is 2. The van der Waals surface area contributed by atoms with E-state index >= 15 is 0 Å². The molecule has 2 aromatic rings. The number of aryl methyl sites for hydroxylation is 2. The molecule has 0 spiro atoms. The van der Waals surface area contributed by atoms with E-state index in [9.17, 15) is 14.4 Å². The Balaban J connectivity index is 1.55. The Hall–Kier alpha value is -2.90. The number of benzene rings is 1. The number of H-pyrrole nitrogens is 1. The number of imidazole rings is 1. The summed E-state index contributed by atoms with van der Waals surface area (Å²) in [5, 5.41) is 2.79. The summed E-state index contributed by atoms with van der Waals surface area (Å²) < 4.78 is 0. The number of fused-ring (bicyclic) bond motifs is 1. The van der Waals surface area contributed by atoms with Crippen LogP contribution in [0.5, 0.6) is 0 Å². The van der Waals surface area contributed by atoms with Gasteiger partial charge in [-0.25, -0.2) is 9.78 Å². The highest BCUT2D eigenvalue weighted by Crippen LogP contribution is 2.19. The zero-order chi connectivity index (χ0) is 19.0. The Labute approximate surface area is 151 Å². The van der Waals surface area contributed by atoms with Gasteiger partial charge in [-0.3, -0.25) is 14.5 Å². The van der Waals surface area contributed by atoms with Crippen molar-refractivity contribution in [2.45, 2.75) is 32.7 Å². The zero-order valence-corrected chi connectivity index (χ0v) is 15.4. The van der Waals surface area contributed by atoms with Gasteiger partial charge < -0.3 is 15.2 Å². The summed E-state index contributed by atoms with van der Waals surface area (Å²) in [7, 11) is 2.95. The van der Waals surface area contributed by atoms with Crippen molar-refractivity contribution in [2.75, 3.05) is 20.6 Å². The van der Waals surface area contributed by atoms with Crippen molar-refractivity contribution in [3.63, 3.8) is 0 Å². The topological polar surface area (TPSA) is 98.4 Å². The Kier molecular flexibility index (Phi) is 4.67. The Bertz CT molecular complexity index is 888. The molecule has 1 fully saturated rings. The lowest BCUT2D eigenvalue weighted by Crippen LogP contribution is -2.38. The SMILES string of the molecule is Cc1ccc2[nH]c(CCNC(=O)CC3C(=O)N(C)C(=O)N3C)nc2c1C. The van der Waals surface area contributed by atoms with Crippen molar-refractivity contribution in [1.82, 2.24) is 25.1 Å². The maximum Gasteiger partial charge on any atom is 0.326 e. The number of hydrogen-bond acceptors (Lipinski definition) is 4. The second-order valence-corrected chi connectivity index (χ2v) is 6.70. The number of imide groups is 1. The highest BCUT2D eigenvalue weighted by molar-refractivity contribution is 6.05. The molecule has 1 aromatic carbocycles. The predicted molar refractivity (Wildman–Crippen MR) is 96.6 cm³/mol. The maximum atomic E-state index is 12.1. The largest absolute Gasteiger partial charge is 0.356 e. The first-order valence-corrected chi connectivity index (χ1v) is 8.55. The number of urea groups is 1. The van der Waals surface area contributed by atoms with Crippen molar-refractivity contribution >= 4 is 28.9 Å². The molecule has 1 atom stereocenters. The van der Waals surface area contributed by atoms with Gasteiger partial charge in [0.1, 0.15) is 11.9 Å². The molecule has 0 aliphatic carbocycles. The van der Waals surface area contributed by atoms with Crippen molar-refractivity contribution in [3.05, 3.63) is 29.1 Å². The minimum atomic E-state index is -0.732. The molecule has 4 amide bonds. The number of carbonyl (C=O) groups is 3. The first-order chi connectivity index (χ1) is 12.3. The van der Waals surface area contributed by atoms with Gasteiger partial charge in [0, 0.05) is 27.1 Å². The van der Waals surface area contributed by atoms with Crippen LogP contribution in [-0.4, -0.2) is 64.3 Å². The minimum Gasteiger partial charge on any atom is -0.356 e. The molecule has 1 aromatic heterocycles. The van der Waals surface area contributed by atoms with Gasteiger partial charge >= 0.3 is 6.03 Å². The maximum absolute atomic E-state index is 12.1. The monoisotopic (exact) mass is 357 g/mol. The number of amides is 4. The van der Waals surface area contributed by atoms with E-state index in [4.69, 9.17) is 0 Å². The van der Waals surface area contributed by atoms with Crippen LogP contribution in [0.3, 0.4) is 0 Å². The third-order valence-corrected chi connectivity index (χ3v) is 4.96. The van der Waals surface area contributed by atoms with Gasteiger partial charge in [0.2, 0.25) is 5.91 Å². The van der Waals surface area contributed by atoms with E-state index in [2.05, 4.69) is 21.4 Å². The van der Waals surface area contributed by atoms with E-state index in [0.29, 0.717) is 13.0 Å². The average molecular weight is 357 g/mol. The molecule has 1 unspecified atom stereocenters. The number of aromatic amines is 1. The quantitative estimate of drug-likeness (QED) is 0.784. The van der Waals surface area contributed by atoms with E-state index in [-0.39, 0.29) is 24.3 Å². The van der Waals surface area contributed by atoms with E-state index < -0.39 is 6.04 Å². The van der Waals surface area contributed by atoms with Crippen LogP contribution in [0, 0.1) is 13.8 Å². The molecule has 3 rings (SSSR count). The number of nitrogens with zero attached hydrogens (tertiary/aromatic N) is 3. The van der Waals surface area contributed by atoms with Crippen molar-refractivity contribution < 1.29 is 14.4 Å². The molecule has 8 heteroatoms. The zero-order valence-electron chi connectivity index (χ0n) is 15.4. The molecule has 0 saturated carbocycles. The second kappa shape index (κ2) is 6.78. The van der Waals surface area contributed by atoms with Gasteiger partial charge in [0.05, 0.1) is 17.5 Å². The van der Waals surface area contributed by atoms with Crippen LogP contribution in [0.25, 0.3) is 11.0 Å². The van der Waals surface area contributed by atoms with Gasteiger partial charge in [-0.2, -0.15) is 0 Å². The molecule has 1 aliphatic heterocycles. The molecule has 2 heterocycles. The van der Waals surface area contributed by atoms with Gasteiger partial charge in [0.15, 0.2) is 0 Å². The van der Waals surface area contributed by atoms with Crippen LogP contribution in [0.1, 0.15) is 23.4 Å². The molecule has 0 bridgehead atoms. The summed E-state index contributed by atoms with van der Waals surface area (Å²) in [4.78, 5) is 46.0. The predicted octanol–water partition coefficient (Wildman–Crippen LogP) is 1.12. The van der Waals surface area contributed by atoms with Crippen LogP contribution in [0.4, 0.5) is 4.79 Å². The van der Waals surface area contributed by atoms with Gasteiger partial charge in [-0.05, 0) is 31.0 Å². The van der Waals surface area contributed by atoms with Crippen LogP contribution in [0.15, 0.2) is 12.1 Å². The lowest BCUT2D eigenvalue weighted by molar-refractivity contribution is -0.131. The van der Waals surface area contributed by atoms with Crippen LogP contribution >= 0.6 is 0 Å². The fourth-order valence-electron chi connectivity index (χ4n) is 3.13. The van der Waals surface area contributed by atoms with Gasteiger partial charge in [-0.1, -0.05) is 6.07 Å². The number of rotatable bonds is 5. The fraction of sp³-hybridized carbons (Fsp3) is 0.444. The molecular formula is C18H23N5O3. The number of hydrogen-bond donors (Lipinski definition) is 2. The van der Waals surface area contributed by atoms with Crippen LogP contribution in [0.2, 0.25) is 0 Å². The Morgan fingerprint density at radius 1 is 1.27 bits per heavy atom. The molecule has 8 nitrogen and oxygen atoms in total. The fourth-order valence-corrected chi connectivity index (χ4v) is 3.13. The van der Waals surface area contributed by atoms with E-state index in [1.165, 1.54) is 24.6 Å². The average Bonchev–Trinajstić information content (AvgIpc) is 3.10. The smallest absolute Gasteiger partial charge is 0.326 e. The van der Waals surface area contributed by atoms with E-state index in [1.54, 1.807) is 0 Å². The van der Waals surface area contributed by atoms with Gasteiger partial charge in [-0.15, -0.1) is 0 Å². The summed E-state index contributed by atoms with van der Waals surface area (Å²) in [6.45, 7) is 4.50. The lowest BCUT2D eigenvalue weighted by Gasteiger charge is -2.15. The van der Waals surface area contributed by atoms with Crippen molar-refractivity contribution in [1.29, 1.82) is 0 Å². The second-order valence-electron chi connectivity index (χ2n) is 6.70. The Morgan fingerprint density at radius 3 is 2.65 bits per heavy atom. The normalized spacial score (nSPS) is 17.5. The van der Waals surface area contributed by atoms with E-state index in [0.717, 1.165) is 27.3 Å². The molecule has 1 aliphatic rings. The number of likely N-dealkylation sites (N-methyl/N-ethyl adjacent to an activating group) is 2. The van der Waals surface area contributed by atoms with Crippen LogP contribution in [-0.2, 0) is 16.0 Å². The highest BCUT2D eigenvalue weighted by Gasteiger charge is 2.41. The summed E-state index contributed by atoms with van der Waals surface area (Å²) >= 11 is 0. The highest BCUT2D eigenvalue weighted by atomic mass is 16.2. The summed E-state index contributed by atoms with van der Waals surface area (Å²) in [6.07, 6.45) is 0.524. The van der Waals surface area contributed by atoms with Crippen molar-refractivity contribution in [2.24, 2.45) is 0 Å². The molecule has 0 radical (unpaired) electrons. The standard InChI is InChI=1S/C18H23N5O3/c1-10-5-6-12-16(11(10)2)21-14(20-12)7-8-19-15(24)9-13-17(25)23(4)18(26)22(13)3/h5-6,13H,7-9H2,1-4H3,(H,19,24)(H,20,21). The summed E-state index contributed by atoms with van der Waals surface area (Å²) in [6, 6.07) is 2.93. The molecule has 138 valence electrons. The third-order valence-electron chi connectivity index (χ3n) is 4.96. The van der Waals surface area contributed by atoms with Crippen LogP contribution < -0.4 is 5.32 Å². The van der Waals surface area contributed by atoms with E-state index in [1.807, 2.05) is 19.9 Å². The summed E-state index contributed by atoms with van der Waals surface area (Å²) in [5.41, 5.74) is 4.26. The third kappa shape index (κ3) is 3.14. The molecule has 1 saturated heterocycles.